The average Bonchev–Trinajstić information content (AvgIpc) is 3.37. The minimum absolute atomic E-state index is 0.0486. The predicted octanol–water partition coefficient (Wildman–Crippen LogP) is 2.50. The van der Waals surface area contributed by atoms with Crippen LogP contribution in [0.3, 0.4) is 0 Å². The lowest BCUT2D eigenvalue weighted by Gasteiger charge is -2.32. The highest BCUT2D eigenvalue weighted by atomic mass is 35.5. The van der Waals surface area contributed by atoms with Gasteiger partial charge in [0, 0.05) is 48.3 Å². The van der Waals surface area contributed by atoms with Crippen LogP contribution in [0.25, 0.3) is 22.1 Å². The molecule has 1 amide bonds. The summed E-state index contributed by atoms with van der Waals surface area (Å²) in [7, 11) is -3.72. The van der Waals surface area contributed by atoms with Crippen LogP contribution < -0.4 is 0 Å². The number of H-pyrrole nitrogens is 1. The Hall–Kier alpha value is -2.95. The van der Waals surface area contributed by atoms with Gasteiger partial charge in [0.25, 0.3) is 15.9 Å². The number of oxazole rings is 1. The molecular formula is C19H16ClN5O4S. The SMILES string of the molecule is O=C(c1nc2ncccc2o1)N1CCN(S(=O)(=O)c2cc3cc(Cl)ccc3[nH]2)CC1. The summed E-state index contributed by atoms with van der Waals surface area (Å²) in [6.45, 7) is 0.803. The maximum Gasteiger partial charge on any atom is 0.309 e. The molecule has 0 spiro atoms. The number of carbonyl (C=O) groups is 1. The number of nitrogens with one attached hydrogen (secondary N) is 1. The summed E-state index contributed by atoms with van der Waals surface area (Å²) in [6, 6.07) is 10.1. The van der Waals surface area contributed by atoms with Gasteiger partial charge in [-0.1, -0.05) is 11.6 Å². The van der Waals surface area contributed by atoms with Gasteiger partial charge in [-0.05, 0) is 36.4 Å². The monoisotopic (exact) mass is 445 g/mol. The molecule has 0 atom stereocenters. The fourth-order valence-electron chi connectivity index (χ4n) is 3.48. The molecule has 1 saturated heterocycles. The number of pyridine rings is 1. The van der Waals surface area contributed by atoms with Gasteiger partial charge in [0.2, 0.25) is 0 Å². The van der Waals surface area contributed by atoms with E-state index in [1.54, 1.807) is 42.6 Å². The number of hydrogen-bond acceptors (Lipinski definition) is 6. The summed E-state index contributed by atoms with van der Waals surface area (Å²) < 4.78 is 32.9. The summed E-state index contributed by atoms with van der Waals surface area (Å²) in [5.74, 6) is -0.433. The highest BCUT2D eigenvalue weighted by molar-refractivity contribution is 7.89. The molecule has 4 aromatic rings. The minimum Gasteiger partial charge on any atom is -0.431 e. The van der Waals surface area contributed by atoms with Crippen LogP contribution in [-0.2, 0) is 10.0 Å². The van der Waals surface area contributed by atoms with Crippen molar-refractivity contribution in [1.82, 2.24) is 24.2 Å². The number of aromatic amines is 1. The fourth-order valence-corrected chi connectivity index (χ4v) is 5.10. The van der Waals surface area contributed by atoms with Crippen molar-refractivity contribution in [3.05, 3.63) is 53.5 Å². The van der Waals surface area contributed by atoms with Crippen LogP contribution in [0.2, 0.25) is 5.02 Å². The van der Waals surface area contributed by atoms with Crippen molar-refractivity contribution in [2.75, 3.05) is 26.2 Å². The molecule has 154 valence electrons. The number of piperazine rings is 1. The number of nitrogens with zero attached hydrogens (tertiary/aromatic N) is 4. The standard InChI is InChI=1S/C19H16ClN5O4S/c20-13-3-4-14-12(10-13)11-16(22-14)30(27,28)25-8-6-24(7-9-25)19(26)18-23-17-15(29-18)2-1-5-21-17/h1-5,10-11,22H,6-9H2. The van der Waals surface area contributed by atoms with Crippen LogP contribution in [0.5, 0.6) is 0 Å². The number of fused-ring (bicyclic) bond motifs is 2. The molecule has 1 fully saturated rings. The number of halogens is 1. The second kappa shape index (κ2) is 7.08. The van der Waals surface area contributed by atoms with Crippen molar-refractivity contribution in [2.45, 2.75) is 5.03 Å². The molecule has 0 aliphatic carbocycles. The van der Waals surface area contributed by atoms with Gasteiger partial charge in [-0.2, -0.15) is 9.29 Å². The number of carbonyl (C=O) groups excluding carboxylic acids is 1. The zero-order valence-electron chi connectivity index (χ0n) is 15.6. The second-order valence-corrected chi connectivity index (χ2v) is 9.25. The molecule has 0 radical (unpaired) electrons. The van der Waals surface area contributed by atoms with Crippen molar-refractivity contribution in [2.24, 2.45) is 0 Å². The van der Waals surface area contributed by atoms with Crippen LogP contribution in [0.1, 0.15) is 10.7 Å². The first-order chi connectivity index (χ1) is 14.4. The van der Waals surface area contributed by atoms with Crippen molar-refractivity contribution in [1.29, 1.82) is 0 Å². The van der Waals surface area contributed by atoms with Crippen molar-refractivity contribution >= 4 is 49.7 Å². The van der Waals surface area contributed by atoms with E-state index in [1.165, 1.54) is 9.21 Å². The first kappa shape index (κ1) is 19.0. The number of aromatic nitrogens is 3. The number of sulfonamides is 1. The van der Waals surface area contributed by atoms with Gasteiger partial charge in [-0.3, -0.25) is 4.79 Å². The first-order valence-electron chi connectivity index (χ1n) is 9.21. The third kappa shape index (κ3) is 3.22. The molecule has 30 heavy (non-hydrogen) atoms. The Bertz CT molecular complexity index is 1340. The van der Waals surface area contributed by atoms with Crippen LogP contribution >= 0.6 is 11.6 Å². The van der Waals surface area contributed by atoms with Crippen LogP contribution in [-0.4, -0.2) is 64.7 Å². The van der Waals surface area contributed by atoms with Gasteiger partial charge in [0.05, 0.1) is 0 Å². The van der Waals surface area contributed by atoms with Gasteiger partial charge in [-0.15, -0.1) is 0 Å². The van der Waals surface area contributed by atoms with Gasteiger partial charge in [-0.25, -0.2) is 13.4 Å². The molecular weight excluding hydrogens is 430 g/mol. The lowest BCUT2D eigenvalue weighted by atomic mass is 10.2. The van der Waals surface area contributed by atoms with E-state index < -0.39 is 10.0 Å². The summed E-state index contributed by atoms with van der Waals surface area (Å²) in [5, 5.41) is 1.36. The zero-order chi connectivity index (χ0) is 20.9. The Morgan fingerprint density at radius 3 is 2.70 bits per heavy atom. The lowest BCUT2D eigenvalue weighted by Crippen LogP contribution is -2.50. The highest BCUT2D eigenvalue weighted by Gasteiger charge is 2.32. The van der Waals surface area contributed by atoms with Crippen molar-refractivity contribution in [3.8, 4) is 0 Å². The van der Waals surface area contributed by atoms with E-state index in [9.17, 15) is 13.2 Å². The van der Waals surface area contributed by atoms with Crippen LogP contribution in [0, 0.1) is 0 Å². The Morgan fingerprint density at radius 1 is 1.13 bits per heavy atom. The topological polar surface area (TPSA) is 112 Å². The van der Waals surface area contributed by atoms with Crippen LogP contribution in [0.4, 0.5) is 0 Å². The molecule has 0 bridgehead atoms. The Balaban J connectivity index is 1.32. The second-order valence-electron chi connectivity index (χ2n) is 6.91. The average molecular weight is 446 g/mol. The van der Waals surface area contributed by atoms with Crippen molar-refractivity contribution in [3.63, 3.8) is 0 Å². The Morgan fingerprint density at radius 2 is 1.93 bits per heavy atom. The van der Waals surface area contributed by atoms with Gasteiger partial charge < -0.3 is 14.3 Å². The van der Waals surface area contributed by atoms with E-state index in [1.807, 2.05) is 0 Å². The maximum absolute atomic E-state index is 13.0. The van der Waals surface area contributed by atoms with Gasteiger partial charge >= 0.3 is 5.91 Å². The molecule has 0 unspecified atom stereocenters. The molecule has 1 aromatic carbocycles. The zero-order valence-corrected chi connectivity index (χ0v) is 17.2. The molecule has 1 aliphatic rings. The first-order valence-corrected chi connectivity index (χ1v) is 11.0. The molecule has 1 aliphatic heterocycles. The number of amides is 1. The van der Waals surface area contributed by atoms with E-state index in [2.05, 4.69) is 15.0 Å². The molecule has 9 nitrogen and oxygen atoms in total. The normalized spacial score (nSPS) is 15.8. The van der Waals surface area contributed by atoms with E-state index in [0.29, 0.717) is 21.8 Å². The number of benzene rings is 1. The Labute approximate surface area is 176 Å². The lowest BCUT2D eigenvalue weighted by molar-refractivity contribution is 0.0660. The number of hydrogen-bond donors (Lipinski definition) is 1. The van der Waals surface area contributed by atoms with Crippen molar-refractivity contribution < 1.29 is 17.6 Å². The smallest absolute Gasteiger partial charge is 0.309 e. The van der Waals surface area contributed by atoms with Gasteiger partial charge in [0.1, 0.15) is 5.03 Å². The summed E-state index contributed by atoms with van der Waals surface area (Å²) in [6.07, 6.45) is 1.57. The quantitative estimate of drug-likeness (QED) is 0.518. The third-order valence-electron chi connectivity index (χ3n) is 5.05. The molecule has 5 rings (SSSR count). The molecule has 4 heterocycles. The fraction of sp³-hybridized carbons (Fsp3) is 0.211. The third-order valence-corrected chi connectivity index (χ3v) is 7.11. The number of rotatable bonds is 3. The minimum atomic E-state index is -3.72. The van der Waals surface area contributed by atoms with Gasteiger partial charge in [0.15, 0.2) is 11.2 Å². The Kier molecular flexibility index (Phi) is 4.49. The van der Waals surface area contributed by atoms with Crippen LogP contribution in [0.15, 0.2) is 52.0 Å². The summed E-state index contributed by atoms with van der Waals surface area (Å²) >= 11 is 5.99. The summed E-state index contributed by atoms with van der Waals surface area (Å²) in [4.78, 5) is 25.3. The highest BCUT2D eigenvalue weighted by Crippen LogP contribution is 2.25. The maximum atomic E-state index is 13.0. The summed E-state index contributed by atoms with van der Waals surface area (Å²) in [5.41, 5.74) is 1.48. The molecule has 1 N–H and O–H groups in total. The molecule has 11 heteroatoms. The largest absolute Gasteiger partial charge is 0.431 e. The van der Waals surface area contributed by atoms with E-state index in [4.69, 9.17) is 16.0 Å². The molecule has 3 aromatic heterocycles. The van der Waals surface area contributed by atoms with E-state index >= 15 is 0 Å². The van der Waals surface area contributed by atoms with E-state index in [0.717, 1.165) is 5.39 Å². The van der Waals surface area contributed by atoms with E-state index in [-0.39, 0.29) is 43.0 Å². The molecule has 0 saturated carbocycles. The predicted molar refractivity (Wildman–Crippen MR) is 110 cm³/mol.